The highest BCUT2D eigenvalue weighted by atomic mass is 79.9. The van der Waals surface area contributed by atoms with Gasteiger partial charge in [-0.2, -0.15) is 5.10 Å². The van der Waals surface area contributed by atoms with Gasteiger partial charge in [0.1, 0.15) is 5.52 Å². The van der Waals surface area contributed by atoms with Crippen LogP contribution in [-0.4, -0.2) is 29.7 Å². The number of aromatic amines is 2. The van der Waals surface area contributed by atoms with E-state index in [0.29, 0.717) is 16.9 Å². The van der Waals surface area contributed by atoms with Crippen molar-refractivity contribution in [3.63, 3.8) is 0 Å². The van der Waals surface area contributed by atoms with Crippen molar-refractivity contribution in [2.75, 3.05) is 0 Å². The summed E-state index contributed by atoms with van der Waals surface area (Å²) in [6.45, 7) is 1.79. The van der Waals surface area contributed by atoms with Crippen LogP contribution in [-0.2, 0) is 0 Å². The SMILES string of the molecule is Cc1nn(-c2ccc(Br)cc2)c2nc3[nH]c(=O)[nH]c(=O)c3nc12. The summed E-state index contributed by atoms with van der Waals surface area (Å²) in [5, 5.41) is 4.44. The van der Waals surface area contributed by atoms with E-state index in [1.165, 1.54) is 0 Å². The Morgan fingerprint density at radius 1 is 1.04 bits per heavy atom. The normalized spacial score (nSPS) is 11.4. The molecule has 9 heteroatoms. The van der Waals surface area contributed by atoms with Crippen LogP contribution >= 0.6 is 15.9 Å². The summed E-state index contributed by atoms with van der Waals surface area (Å²) in [7, 11) is 0. The molecule has 0 atom stereocenters. The maximum atomic E-state index is 11.9. The van der Waals surface area contributed by atoms with Gasteiger partial charge < -0.3 is 0 Å². The molecular weight excluding hydrogens is 364 g/mol. The van der Waals surface area contributed by atoms with E-state index in [2.05, 4.69) is 41.0 Å². The number of aromatic nitrogens is 6. The van der Waals surface area contributed by atoms with Crippen LogP contribution in [0.3, 0.4) is 0 Å². The van der Waals surface area contributed by atoms with Crippen LogP contribution in [0.2, 0.25) is 0 Å². The Hall–Kier alpha value is -2.81. The summed E-state index contributed by atoms with van der Waals surface area (Å²) >= 11 is 3.39. The van der Waals surface area contributed by atoms with Gasteiger partial charge in [-0.1, -0.05) is 15.9 Å². The van der Waals surface area contributed by atoms with Gasteiger partial charge in [0.2, 0.25) is 0 Å². The quantitative estimate of drug-likeness (QED) is 0.525. The predicted molar refractivity (Wildman–Crippen MR) is 87.8 cm³/mol. The molecule has 23 heavy (non-hydrogen) atoms. The summed E-state index contributed by atoms with van der Waals surface area (Å²) in [4.78, 5) is 36.6. The van der Waals surface area contributed by atoms with E-state index < -0.39 is 11.2 Å². The second-order valence-electron chi connectivity index (χ2n) is 4.97. The number of halogens is 1. The third kappa shape index (κ3) is 2.16. The molecule has 0 aliphatic heterocycles. The minimum atomic E-state index is -0.623. The molecule has 0 aliphatic carbocycles. The number of nitrogens with one attached hydrogen (secondary N) is 2. The fraction of sp³-hybridized carbons (Fsp3) is 0.0714. The van der Waals surface area contributed by atoms with E-state index >= 15 is 0 Å². The van der Waals surface area contributed by atoms with Gasteiger partial charge in [0, 0.05) is 4.47 Å². The molecule has 1 aromatic carbocycles. The lowest BCUT2D eigenvalue weighted by Crippen LogP contribution is -2.23. The molecule has 0 aliphatic rings. The fourth-order valence-corrected chi connectivity index (χ4v) is 2.63. The van der Waals surface area contributed by atoms with Crippen LogP contribution in [0.5, 0.6) is 0 Å². The Morgan fingerprint density at radius 3 is 2.52 bits per heavy atom. The van der Waals surface area contributed by atoms with Crippen LogP contribution in [0.1, 0.15) is 5.69 Å². The molecule has 0 radical (unpaired) electrons. The lowest BCUT2D eigenvalue weighted by molar-refractivity contribution is 0.878. The third-order valence-corrected chi connectivity index (χ3v) is 3.94. The van der Waals surface area contributed by atoms with E-state index in [9.17, 15) is 9.59 Å². The zero-order valence-corrected chi connectivity index (χ0v) is 13.4. The predicted octanol–water partition coefficient (Wildman–Crippen LogP) is 1.42. The lowest BCUT2D eigenvalue weighted by atomic mass is 10.3. The van der Waals surface area contributed by atoms with Gasteiger partial charge in [0.05, 0.1) is 11.4 Å². The summed E-state index contributed by atoms with van der Waals surface area (Å²) in [5.41, 5.74) is 1.43. The van der Waals surface area contributed by atoms with Crippen LogP contribution in [0, 0.1) is 6.92 Å². The van der Waals surface area contributed by atoms with Crippen molar-refractivity contribution in [1.29, 1.82) is 0 Å². The first-order chi connectivity index (χ1) is 11.0. The number of benzene rings is 1. The molecule has 0 amide bonds. The lowest BCUT2D eigenvalue weighted by Gasteiger charge is -2.03. The Labute approximate surface area is 136 Å². The van der Waals surface area contributed by atoms with Gasteiger partial charge in [-0.3, -0.25) is 14.8 Å². The van der Waals surface area contributed by atoms with Gasteiger partial charge in [-0.15, -0.1) is 0 Å². The van der Waals surface area contributed by atoms with Crippen molar-refractivity contribution in [2.24, 2.45) is 0 Å². The van der Waals surface area contributed by atoms with E-state index in [1.807, 2.05) is 24.3 Å². The van der Waals surface area contributed by atoms with Gasteiger partial charge >= 0.3 is 5.69 Å². The van der Waals surface area contributed by atoms with E-state index in [4.69, 9.17) is 0 Å². The molecule has 0 fully saturated rings. The highest BCUT2D eigenvalue weighted by Gasteiger charge is 2.15. The summed E-state index contributed by atoms with van der Waals surface area (Å²) in [6, 6.07) is 7.53. The smallest absolute Gasteiger partial charge is 0.290 e. The molecule has 4 rings (SSSR count). The van der Waals surface area contributed by atoms with Crippen molar-refractivity contribution < 1.29 is 0 Å². The molecule has 8 nitrogen and oxygen atoms in total. The molecule has 2 N–H and O–H groups in total. The van der Waals surface area contributed by atoms with Crippen molar-refractivity contribution in [3.05, 3.63) is 55.3 Å². The highest BCUT2D eigenvalue weighted by molar-refractivity contribution is 9.10. The molecule has 0 saturated heterocycles. The van der Waals surface area contributed by atoms with E-state index in [0.717, 1.165) is 10.2 Å². The van der Waals surface area contributed by atoms with Gasteiger partial charge in [0.25, 0.3) is 5.56 Å². The largest absolute Gasteiger partial charge is 0.327 e. The fourth-order valence-electron chi connectivity index (χ4n) is 2.37. The number of hydrogen-bond donors (Lipinski definition) is 2. The van der Waals surface area contributed by atoms with Crippen molar-refractivity contribution in [1.82, 2.24) is 29.7 Å². The Kier molecular flexibility index (Phi) is 2.91. The van der Waals surface area contributed by atoms with Crippen molar-refractivity contribution in [2.45, 2.75) is 6.92 Å². The molecule has 0 bridgehead atoms. The van der Waals surface area contributed by atoms with Crippen molar-refractivity contribution in [3.8, 4) is 5.69 Å². The third-order valence-electron chi connectivity index (χ3n) is 3.42. The second kappa shape index (κ2) is 4.85. The van der Waals surface area contributed by atoms with Gasteiger partial charge in [0.15, 0.2) is 16.8 Å². The zero-order chi connectivity index (χ0) is 16.1. The van der Waals surface area contributed by atoms with Crippen LogP contribution in [0.25, 0.3) is 28.0 Å². The number of fused-ring (bicyclic) bond motifs is 2. The number of aryl methyl sites for hydroxylation is 1. The number of H-pyrrole nitrogens is 2. The Bertz CT molecular complexity index is 1170. The maximum absolute atomic E-state index is 11.9. The Balaban J connectivity index is 2.11. The molecule has 114 valence electrons. The molecular formula is C14H9BrN6O2. The number of nitrogens with zero attached hydrogens (tertiary/aromatic N) is 4. The summed E-state index contributed by atoms with van der Waals surface area (Å²) < 4.78 is 2.57. The highest BCUT2D eigenvalue weighted by Crippen LogP contribution is 2.21. The topological polar surface area (TPSA) is 109 Å². The zero-order valence-electron chi connectivity index (χ0n) is 11.8. The first kappa shape index (κ1) is 13.8. The van der Waals surface area contributed by atoms with Crippen LogP contribution in [0.4, 0.5) is 0 Å². The standard InChI is InChI=1S/C14H9BrN6O2/c1-6-9-12(21(20-6)8-4-2-7(15)3-5-8)17-11-10(16-9)13(22)19-14(23)18-11/h2-5H,1H3,(H2,17,18,19,22,23). The van der Waals surface area contributed by atoms with Gasteiger partial charge in [-0.25, -0.2) is 19.4 Å². The first-order valence-corrected chi connectivity index (χ1v) is 7.48. The maximum Gasteiger partial charge on any atom is 0.327 e. The van der Waals surface area contributed by atoms with Gasteiger partial charge in [-0.05, 0) is 31.2 Å². The Morgan fingerprint density at radius 2 is 1.78 bits per heavy atom. The average molecular weight is 373 g/mol. The number of rotatable bonds is 1. The minimum absolute atomic E-state index is 0.0792. The molecule has 3 heterocycles. The molecule has 0 spiro atoms. The minimum Gasteiger partial charge on any atom is -0.290 e. The monoisotopic (exact) mass is 372 g/mol. The van der Waals surface area contributed by atoms with E-state index in [-0.39, 0.29) is 11.2 Å². The first-order valence-electron chi connectivity index (χ1n) is 6.68. The van der Waals surface area contributed by atoms with Crippen molar-refractivity contribution >= 4 is 38.3 Å². The van der Waals surface area contributed by atoms with Crippen LogP contribution in [0.15, 0.2) is 38.3 Å². The molecule has 0 saturated carbocycles. The molecule has 3 aromatic heterocycles. The number of hydrogen-bond acceptors (Lipinski definition) is 5. The molecule has 4 aromatic rings. The second-order valence-corrected chi connectivity index (χ2v) is 5.89. The van der Waals surface area contributed by atoms with E-state index in [1.54, 1.807) is 11.6 Å². The summed E-state index contributed by atoms with van der Waals surface area (Å²) in [6.07, 6.45) is 0. The summed E-state index contributed by atoms with van der Waals surface area (Å²) in [5.74, 6) is 0. The molecule has 0 unspecified atom stereocenters. The van der Waals surface area contributed by atoms with Crippen LogP contribution < -0.4 is 11.2 Å². The average Bonchev–Trinajstić information content (AvgIpc) is 2.83.